The van der Waals surface area contributed by atoms with Gasteiger partial charge in [0.1, 0.15) is 0 Å². The Morgan fingerprint density at radius 1 is 1.65 bits per heavy atom. The molecule has 1 fully saturated rings. The first-order valence-electron chi connectivity index (χ1n) is 6.26. The molecule has 0 spiro atoms. The van der Waals surface area contributed by atoms with Gasteiger partial charge in [0, 0.05) is 22.6 Å². The topological polar surface area (TPSA) is 61.8 Å². The average Bonchev–Trinajstić information content (AvgIpc) is 2.37. The lowest BCUT2D eigenvalue weighted by Crippen LogP contribution is -2.47. The minimum absolute atomic E-state index is 0.151. The smallest absolute Gasteiger partial charge is 0.407 e. The van der Waals surface area contributed by atoms with Gasteiger partial charge in [0.25, 0.3) is 0 Å². The number of ether oxygens (including phenoxy) is 1. The Morgan fingerprint density at radius 3 is 3.05 bits per heavy atom. The van der Waals surface area contributed by atoms with E-state index in [1.807, 2.05) is 19.1 Å². The second-order valence-electron chi connectivity index (χ2n) is 4.68. The van der Waals surface area contributed by atoms with E-state index in [0.29, 0.717) is 31.3 Å². The highest BCUT2D eigenvalue weighted by atomic mass is 79.9. The molecule has 1 saturated heterocycles. The summed E-state index contributed by atoms with van der Waals surface area (Å²) in [5.41, 5.74) is 1.97. The van der Waals surface area contributed by atoms with Gasteiger partial charge in [0.2, 0.25) is 0 Å². The molecule has 1 aromatic carbocycles. The number of amides is 1. The molecule has 7 heteroatoms. The second kappa shape index (κ2) is 6.65. The quantitative estimate of drug-likeness (QED) is 0.866. The minimum Gasteiger partial charge on any atom is -0.465 e. The average molecular weight is 364 g/mol. The summed E-state index contributed by atoms with van der Waals surface area (Å²) in [5, 5.41) is 12.9. The van der Waals surface area contributed by atoms with E-state index in [-0.39, 0.29) is 6.10 Å². The summed E-state index contributed by atoms with van der Waals surface area (Å²) in [6.07, 6.45) is -1.05. The number of rotatable bonds is 3. The van der Waals surface area contributed by atoms with E-state index in [4.69, 9.17) is 21.4 Å². The van der Waals surface area contributed by atoms with Crippen LogP contribution in [0.2, 0.25) is 5.02 Å². The Kier molecular flexibility index (Phi) is 5.12. The van der Waals surface area contributed by atoms with Crippen molar-refractivity contribution in [3.63, 3.8) is 0 Å². The number of aryl methyl sites for hydroxylation is 1. The summed E-state index contributed by atoms with van der Waals surface area (Å²) in [4.78, 5) is 12.3. The van der Waals surface area contributed by atoms with Crippen LogP contribution in [0.4, 0.5) is 10.5 Å². The van der Waals surface area contributed by atoms with Crippen LogP contribution >= 0.6 is 27.5 Å². The van der Waals surface area contributed by atoms with Gasteiger partial charge >= 0.3 is 6.09 Å². The van der Waals surface area contributed by atoms with Crippen LogP contribution in [0.25, 0.3) is 0 Å². The normalized spacial score (nSPS) is 18.9. The first kappa shape index (κ1) is 15.4. The highest BCUT2D eigenvalue weighted by Gasteiger charge is 2.23. The number of nitrogens with zero attached hydrogens (tertiary/aromatic N) is 1. The van der Waals surface area contributed by atoms with Crippen molar-refractivity contribution >= 4 is 39.3 Å². The maximum atomic E-state index is 10.9. The van der Waals surface area contributed by atoms with Crippen molar-refractivity contribution in [1.29, 1.82) is 0 Å². The molecule has 1 aliphatic rings. The predicted molar refractivity (Wildman–Crippen MR) is 81.7 cm³/mol. The van der Waals surface area contributed by atoms with Crippen LogP contribution in [-0.2, 0) is 4.74 Å². The Labute approximate surface area is 131 Å². The molecule has 2 N–H and O–H groups in total. The number of benzene rings is 1. The van der Waals surface area contributed by atoms with Crippen molar-refractivity contribution in [3.8, 4) is 0 Å². The van der Waals surface area contributed by atoms with Gasteiger partial charge in [-0.2, -0.15) is 0 Å². The largest absolute Gasteiger partial charge is 0.465 e. The maximum absolute atomic E-state index is 10.9. The van der Waals surface area contributed by atoms with Gasteiger partial charge in [-0.1, -0.05) is 11.6 Å². The van der Waals surface area contributed by atoms with E-state index < -0.39 is 6.09 Å². The van der Waals surface area contributed by atoms with Gasteiger partial charge in [0.15, 0.2) is 0 Å². The third kappa shape index (κ3) is 3.77. The van der Waals surface area contributed by atoms with E-state index in [9.17, 15) is 4.79 Å². The van der Waals surface area contributed by atoms with Crippen LogP contribution < -0.4 is 5.32 Å². The van der Waals surface area contributed by atoms with E-state index in [2.05, 4.69) is 21.2 Å². The molecule has 0 radical (unpaired) electrons. The van der Waals surface area contributed by atoms with Crippen LogP contribution in [0.15, 0.2) is 16.6 Å². The maximum Gasteiger partial charge on any atom is 0.407 e. The van der Waals surface area contributed by atoms with Gasteiger partial charge in [-0.25, -0.2) is 4.79 Å². The van der Waals surface area contributed by atoms with Gasteiger partial charge in [-0.15, -0.1) is 0 Å². The number of halogens is 2. The van der Waals surface area contributed by atoms with Crippen molar-refractivity contribution in [2.75, 3.05) is 31.6 Å². The number of hydrogen-bond donors (Lipinski definition) is 2. The van der Waals surface area contributed by atoms with Crippen molar-refractivity contribution in [2.45, 2.75) is 13.0 Å². The van der Waals surface area contributed by atoms with Crippen molar-refractivity contribution in [1.82, 2.24) is 4.90 Å². The number of anilines is 1. The lowest BCUT2D eigenvalue weighted by atomic mass is 10.2. The molecule has 0 bridgehead atoms. The molecular weight excluding hydrogens is 348 g/mol. The molecule has 1 amide bonds. The van der Waals surface area contributed by atoms with Crippen molar-refractivity contribution < 1.29 is 14.6 Å². The van der Waals surface area contributed by atoms with E-state index >= 15 is 0 Å². The third-order valence-electron chi connectivity index (χ3n) is 3.17. The molecule has 0 aromatic heterocycles. The summed E-state index contributed by atoms with van der Waals surface area (Å²) in [7, 11) is 0. The van der Waals surface area contributed by atoms with Gasteiger partial charge in [-0.3, -0.25) is 0 Å². The van der Waals surface area contributed by atoms with Crippen LogP contribution in [0.3, 0.4) is 0 Å². The van der Waals surface area contributed by atoms with Crippen molar-refractivity contribution in [2.24, 2.45) is 0 Å². The molecule has 1 atom stereocenters. The summed E-state index contributed by atoms with van der Waals surface area (Å²) >= 11 is 9.44. The van der Waals surface area contributed by atoms with Crippen LogP contribution in [0, 0.1) is 6.92 Å². The summed E-state index contributed by atoms with van der Waals surface area (Å²) in [6, 6.07) is 3.70. The number of morpholine rings is 1. The molecule has 0 unspecified atom stereocenters. The highest BCUT2D eigenvalue weighted by Crippen LogP contribution is 2.30. The molecule has 1 heterocycles. The number of hydrogen-bond acceptors (Lipinski definition) is 3. The monoisotopic (exact) mass is 362 g/mol. The summed E-state index contributed by atoms with van der Waals surface area (Å²) in [5.74, 6) is 0. The number of nitrogens with one attached hydrogen (secondary N) is 1. The molecule has 5 nitrogen and oxygen atoms in total. The zero-order chi connectivity index (χ0) is 14.7. The van der Waals surface area contributed by atoms with E-state index in [1.165, 1.54) is 4.90 Å². The zero-order valence-corrected chi connectivity index (χ0v) is 13.4. The molecule has 0 aliphatic carbocycles. The molecule has 0 saturated carbocycles. The number of carbonyl (C=O) groups is 1. The fourth-order valence-electron chi connectivity index (χ4n) is 2.16. The molecular formula is C13H16BrClN2O3. The lowest BCUT2D eigenvalue weighted by molar-refractivity contribution is -0.0147. The van der Waals surface area contributed by atoms with Crippen molar-refractivity contribution in [3.05, 3.63) is 27.2 Å². The fourth-order valence-corrected chi connectivity index (χ4v) is 3.26. The van der Waals surface area contributed by atoms with Crippen LogP contribution in [0.1, 0.15) is 5.56 Å². The molecule has 1 aromatic rings. The predicted octanol–water partition coefficient (Wildman–Crippen LogP) is 3.20. The Balaban J connectivity index is 1.97. The Morgan fingerprint density at radius 2 is 2.40 bits per heavy atom. The standard InChI is InChI=1S/C13H16BrClN2O3/c1-8-4-9(15)5-11(14)12(8)16-6-10-7-17(13(18)19)2-3-20-10/h4-5,10,16H,2-3,6-7H2,1H3,(H,18,19)/t10-/m1/s1. The Hall–Kier alpha value is -0.980. The van der Waals surface area contributed by atoms with Gasteiger partial charge < -0.3 is 20.1 Å². The SMILES string of the molecule is Cc1cc(Cl)cc(Br)c1NC[C@@H]1CN(C(=O)O)CCO1. The summed E-state index contributed by atoms with van der Waals surface area (Å²) < 4.78 is 6.46. The fraction of sp³-hybridized carbons (Fsp3) is 0.462. The third-order valence-corrected chi connectivity index (χ3v) is 4.01. The van der Waals surface area contributed by atoms with E-state index in [1.54, 1.807) is 0 Å². The summed E-state index contributed by atoms with van der Waals surface area (Å²) in [6.45, 7) is 3.75. The molecule has 20 heavy (non-hydrogen) atoms. The Bertz CT molecular complexity index is 489. The zero-order valence-electron chi connectivity index (χ0n) is 11.0. The van der Waals surface area contributed by atoms with Crippen LogP contribution in [-0.4, -0.2) is 48.4 Å². The molecule has 2 rings (SSSR count). The second-order valence-corrected chi connectivity index (χ2v) is 5.97. The molecule has 1 aliphatic heterocycles. The van der Waals surface area contributed by atoms with E-state index in [0.717, 1.165) is 15.7 Å². The number of carboxylic acid groups (broad SMARTS) is 1. The lowest BCUT2D eigenvalue weighted by Gasteiger charge is -2.31. The first-order valence-corrected chi connectivity index (χ1v) is 7.43. The van der Waals surface area contributed by atoms with Crippen LogP contribution in [0.5, 0.6) is 0 Å². The minimum atomic E-state index is -0.901. The van der Waals surface area contributed by atoms with Gasteiger partial charge in [-0.05, 0) is 40.5 Å². The van der Waals surface area contributed by atoms with Gasteiger partial charge in [0.05, 0.1) is 24.9 Å². The first-order chi connectivity index (χ1) is 9.47. The molecule has 110 valence electrons. The highest BCUT2D eigenvalue weighted by molar-refractivity contribution is 9.10.